The minimum atomic E-state index is 1.00. The summed E-state index contributed by atoms with van der Waals surface area (Å²) in [6, 6.07) is 8.82. The van der Waals surface area contributed by atoms with E-state index in [4.69, 9.17) is 0 Å². The first-order valence-corrected chi connectivity index (χ1v) is 6.20. The maximum Gasteiger partial charge on any atom is 0.0340 e. The second-order valence-corrected chi connectivity index (χ2v) is 4.53. The van der Waals surface area contributed by atoms with Crippen LogP contribution >= 0.6 is 0 Å². The first-order valence-electron chi connectivity index (χ1n) is 6.20. The molecular weight excluding hydrogens is 196 g/mol. The van der Waals surface area contributed by atoms with Gasteiger partial charge in [-0.25, -0.2) is 0 Å². The van der Waals surface area contributed by atoms with Gasteiger partial charge in [-0.15, -0.1) is 0 Å². The fraction of sp³-hybridized carbons (Fsp3) is 0.571. The van der Waals surface area contributed by atoms with Crippen LogP contribution in [0.1, 0.15) is 25.3 Å². The Morgan fingerprint density at radius 3 is 2.38 bits per heavy atom. The standard InChI is InChI=1S/C14H24N2/c1-4-5-6-13-7-9-14(10-8-13)15-11-12-16(2)3/h7-10,15H,4-6,11-12H2,1-3H3. The van der Waals surface area contributed by atoms with Crippen molar-refractivity contribution in [2.75, 3.05) is 32.5 Å². The number of aryl methyl sites for hydroxylation is 1. The fourth-order valence-electron chi connectivity index (χ4n) is 1.59. The minimum Gasteiger partial charge on any atom is -0.384 e. The van der Waals surface area contributed by atoms with Crippen LogP contribution in [0, 0.1) is 0 Å². The lowest BCUT2D eigenvalue weighted by Gasteiger charge is -2.11. The molecule has 0 atom stereocenters. The maximum absolute atomic E-state index is 3.42. The predicted molar refractivity (Wildman–Crippen MR) is 72.1 cm³/mol. The summed E-state index contributed by atoms with van der Waals surface area (Å²) in [6.07, 6.45) is 3.75. The van der Waals surface area contributed by atoms with Crippen molar-refractivity contribution in [3.63, 3.8) is 0 Å². The second kappa shape index (κ2) is 7.29. The summed E-state index contributed by atoms with van der Waals surface area (Å²) in [5.41, 5.74) is 2.67. The van der Waals surface area contributed by atoms with Crippen molar-refractivity contribution in [1.82, 2.24) is 4.90 Å². The van der Waals surface area contributed by atoms with Crippen molar-refractivity contribution in [1.29, 1.82) is 0 Å². The van der Waals surface area contributed by atoms with Crippen LogP contribution in [0.25, 0.3) is 0 Å². The predicted octanol–water partition coefficient (Wildman–Crippen LogP) is 3.00. The Kier molecular flexibility index (Phi) is 5.94. The average molecular weight is 220 g/mol. The largest absolute Gasteiger partial charge is 0.384 e. The molecule has 0 aliphatic rings. The molecule has 0 fully saturated rings. The molecule has 1 rings (SSSR count). The van der Waals surface area contributed by atoms with Crippen LogP contribution in [0.3, 0.4) is 0 Å². The van der Waals surface area contributed by atoms with Gasteiger partial charge in [0.2, 0.25) is 0 Å². The summed E-state index contributed by atoms with van der Waals surface area (Å²) < 4.78 is 0. The summed E-state index contributed by atoms with van der Waals surface area (Å²) in [7, 11) is 4.19. The number of rotatable bonds is 7. The topological polar surface area (TPSA) is 15.3 Å². The summed E-state index contributed by atoms with van der Waals surface area (Å²) in [5.74, 6) is 0. The van der Waals surface area contributed by atoms with Crippen LogP contribution in [0.4, 0.5) is 5.69 Å². The van der Waals surface area contributed by atoms with E-state index in [0.717, 1.165) is 13.1 Å². The highest BCUT2D eigenvalue weighted by atomic mass is 15.1. The van der Waals surface area contributed by atoms with Crippen molar-refractivity contribution >= 4 is 5.69 Å². The number of hydrogen-bond donors (Lipinski definition) is 1. The molecule has 0 aliphatic heterocycles. The van der Waals surface area contributed by atoms with E-state index in [1.165, 1.54) is 30.5 Å². The summed E-state index contributed by atoms with van der Waals surface area (Å²) in [4.78, 5) is 2.18. The van der Waals surface area contributed by atoms with Gasteiger partial charge in [0.15, 0.2) is 0 Å². The van der Waals surface area contributed by atoms with Crippen molar-refractivity contribution in [2.24, 2.45) is 0 Å². The first-order chi connectivity index (χ1) is 7.72. The van der Waals surface area contributed by atoms with Gasteiger partial charge in [-0.1, -0.05) is 25.5 Å². The van der Waals surface area contributed by atoms with Crippen LogP contribution < -0.4 is 5.32 Å². The van der Waals surface area contributed by atoms with E-state index >= 15 is 0 Å². The lowest BCUT2D eigenvalue weighted by atomic mass is 10.1. The Hall–Kier alpha value is -1.02. The molecule has 0 radical (unpaired) electrons. The van der Waals surface area contributed by atoms with Gasteiger partial charge in [-0.05, 0) is 44.6 Å². The molecule has 1 N–H and O–H groups in total. The Morgan fingerprint density at radius 1 is 1.12 bits per heavy atom. The van der Waals surface area contributed by atoms with E-state index in [2.05, 4.69) is 55.5 Å². The molecular formula is C14H24N2. The molecule has 0 spiro atoms. The molecule has 0 bridgehead atoms. The molecule has 0 aromatic heterocycles. The van der Waals surface area contributed by atoms with Crippen molar-refractivity contribution in [3.05, 3.63) is 29.8 Å². The van der Waals surface area contributed by atoms with Crippen LogP contribution in [-0.4, -0.2) is 32.1 Å². The Balaban J connectivity index is 2.33. The van der Waals surface area contributed by atoms with Crippen molar-refractivity contribution < 1.29 is 0 Å². The third-order valence-electron chi connectivity index (χ3n) is 2.66. The smallest absolute Gasteiger partial charge is 0.0340 e. The number of anilines is 1. The lowest BCUT2D eigenvalue weighted by Crippen LogP contribution is -2.20. The lowest BCUT2D eigenvalue weighted by molar-refractivity contribution is 0.425. The summed E-state index contributed by atoms with van der Waals surface area (Å²) >= 11 is 0. The zero-order valence-electron chi connectivity index (χ0n) is 10.8. The number of likely N-dealkylation sites (N-methyl/N-ethyl adjacent to an activating group) is 1. The molecule has 90 valence electrons. The monoisotopic (exact) mass is 220 g/mol. The van der Waals surface area contributed by atoms with E-state index < -0.39 is 0 Å². The zero-order valence-corrected chi connectivity index (χ0v) is 10.8. The highest BCUT2D eigenvalue weighted by Gasteiger charge is 1.95. The molecule has 0 amide bonds. The van der Waals surface area contributed by atoms with Gasteiger partial charge in [-0.3, -0.25) is 0 Å². The van der Waals surface area contributed by atoms with E-state index in [9.17, 15) is 0 Å². The minimum absolute atomic E-state index is 1.00. The Labute approximate surface area is 99.7 Å². The fourth-order valence-corrected chi connectivity index (χ4v) is 1.59. The molecule has 2 heteroatoms. The number of hydrogen-bond acceptors (Lipinski definition) is 2. The summed E-state index contributed by atoms with van der Waals surface area (Å²) in [5, 5.41) is 3.42. The highest BCUT2D eigenvalue weighted by Crippen LogP contribution is 2.11. The van der Waals surface area contributed by atoms with Crippen LogP contribution in [-0.2, 0) is 6.42 Å². The molecule has 1 aromatic carbocycles. The van der Waals surface area contributed by atoms with Crippen molar-refractivity contribution in [2.45, 2.75) is 26.2 Å². The van der Waals surface area contributed by atoms with Crippen LogP contribution in [0.2, 0.25) is 0 Å². The van der Waals surface area contributed by atoms with E-state index in [0.29, 0.717) is 0 Å². The third kappa shape index (κ3) is 5.17. The third-order valence-corrected chi connectivity index (χ3v) is 2.66. The van der Waals surface area contributed by atoms with Crippen LogP contribution in [0.5, 0.6) is 0 Å². The molecule has 1 aromatic rings. The van der Waals surface area contributed by atoms with E-state index in [-0.39, 0.29) is 0 Å². The van der Waals surface area contributed by atoms with Gasteiger partial charge in [0.1, 0.15) is 0 Å². The van der Waals surface area contributed by atoms with Gasteiger partial charge >= 0.3 is 0 Å². The number of unbranched alkanes of at least 4 members (excludes halogenated alkanes) is 1. The first kappa shape index (κ1) is 13.0. The SMILES string of the molecule is CCCCc1ccc(NCCN(C)C)cc1. The highest BCUT2D eigenvalue weighted by molar-refractivity contribution is 5.44. The quantitative estimate of drug-likeness (QED) is 0.760. The van der Waals surface area contributed by atoms with Gasteiger partial charge in [-0.2, -0.15) is 0 Å². The Bertz CT molecular complexity index is 277. The van der Waals surface area contributed by atoms with Crippen molar-refractivity contribution in [3.8, 4) is 0 Å². The average Bonchev–Trinajstić information content (AvgIpc) is 2.27. The molecule has 0 unspecified atom stereocenters. The number of benzene rings is 1. The molecule has 0 aliphatic carbocycles. The van der Waals surface area contributed by atoms with E-state index in [1.54, 1.807) is 0 Å². The number of nitrogens with one attached hydrogen (secondary N) is 1. The Morgan fingerprint density at radius 2 is 1.81 bits per heavy atom. The van der Waals surface area contributed by atoms with Gasteiger partial charge in [0, 0.05) is 18.8 Å². The van der Waals surface area contributed by atoms with E-state index in [1.807, 2.05) is 0 Å². The maximum atomic E-state index is 3.42. The van der Waals surface area contributed by atoms with Gasteiger partial charge in [0.05, 0.1) is 0 Å². The molecule has 0 saturated carbocycles. The number of nitrogens with zero attached hydrogens (tertiary/aromatic N) is 1. The van der Waals surface area contributed by atoms with Gasteiger partial charge < -0.3 is 10.2 Å². The summed E-state index contributed by atoms with van der Waals surface area (Å²) in [6.45, 7) is 4.30. The molecule has 16 heavy (non-hydrogen) atoms. The zero-order chi connectivity index (χ0) is 11.8. The van der Waals surface area contributed by atoms with Gasteiger partial charge in [0.25, 0.3) is 0 Å². The second-order valence-electron chi connectivity index (χ2n) is 4.53. The molecule has 0 heterocycles. The molecule has 2 nitrogen and oxygen atoms in total. The molecule has 0 saturated heterocycles. The van der Waals surface area contributed by atoms with Crippen LogP contribution in [0.15, 0.2) is 24.3 Å². The normalized spacial score (nSPS) is 10.8.